The van der Waals surface area contributed by atoms with Crippen LogP contribution in [0.25, 0.3) is 0 Å². The number of methoxy groups -OCH3 is 1. The van der Waals surface area contributed by atoms with E-state index in [9.17, 15) is 5.11 Å². The van der Waals surface area contributed by atoms with Crippen LogP contribution in [0.2, 0.25) is 0 Å². The van der Waals surface area contributed by atoms with Gasteiger partial charge < -0.3 is 19.9 Å². The maximum absolute atomic E-state index is 10.6. The van der Waals surface area contributed by atoms with Crippen LogP contribution in [0.5, 0.6) is 11.5 Å². The van der Waals surface area contributed by atoms with Gasteiger partial charge in [0.05, 0.1) is 7.11 Å². The number of aliphatic hydroxyl groups excluding tert-OH is 1. The van der Waals surface area contributed by atoms with Crippen molar-refractivity contribution in [3.05, 3.63) is 60.2 Å². The van der Waals surface area contributed by atoms with Crippen molar-refractivity contribution in [1.29, 1.82) is 0 Å². The van der Waals surface area contributed by atoms with Crippen molar-refractivity contribution in [2.24, 2.45) is 0 Å². The maximum atomic E-state index is 10.6. The maximum Gasteiger partial charge on any atom is 0.151 e. The lowest BCUT2D eigenvalue weighted by atomic mass is 10.0. The van der Waals surface area contributed by atoms with E-state index in [1.165, 1.54) is 0 Å². The molecule has 4 nitrogen and oxygen atoms in total. The summed E-state index contributed by atoms with van der Waals surface area (Å²) in [5.74, 6) is 1.39. The number of hydrogen-bond acceptors (Lipinski definition) is 4. The van der Waals surface area contributed by atoms with Gasteiger partial charge in [0.25, 0.3) is 0 Å². The SMILES string of the molecule is COc1cccc(OC(c2ccccc2)C(O)CNC(C)C)c1. The monoisotopic (exact) mass is 315 g/mol. The summed E-state index contributed by atoms with van der Waals surface area (Å²) in [4.78, 5) is 0. The minimum absolute atomic E-state index is 0.304. The van der Waals surface area contributed by atoms with Gasteiger partial charge in [0.2, 0.25) is 0 Å². The van der Waals surface area contributed by atoms with Crippen molar-refractivity contribution in [1.82, 2.24) is 5.32 Å². The fourth-order valence-electron chi connectivity index (χ4n) is 2.30. The molecular weight excluding hydrogens is 290 g/mol. The number of benzene rings is 2. The summed E-state index contributed by atoms with van der Waals surface area (Å²) >= 11 is 0. The van der Waals surface area contributed by atoms with Crippen LogP contribution in [0.15, 0.2) is 54.6 Å². The Kier molecular flexibility index (Phi) is 6.44. The minimum Gasteiger partial charge on any atom is -0.497 e. The Morgan fingerprint density at radius 2 is 1.70 bits per heavy atom. The number of aliphatic hydroxyl groups is 1. The van der Waals surface area contributed by atoms with Gasteiger partial charge in [-0.15, -0.1) is 0 Å². The normalized spacial score (nSPS) is 13.6. The molecule has 0 aliphatic heterocycles. The summed E-state index contributed by atoms with van der Waals surface area (Å²) in [6.07, 6.45) is -1.11. The number of nitrogens with one attached hydrogen (secondary N) is 1. The Labute approximate surface area is 138 Å². The lowest BCUT2D eigenvalue weighted by molar-refractivity contribution is 0.0344. The molecule has 0 amide bonds. The molecule has 0 spiro atoms. The second-order valence-corrected chi connectivity index (χ2v) is 5.76. The Morgan fingerprint density at radius 1 is 1.00 bits per heavy atom. The molecule has 0 saturated heterocycles. The van der Waals surface area contributed by atoms with Gasteiger partial charge in [0.1, 0.15) is 17.6 Å². The van der Waals surface area contributed by atoms with Gasteiger partial charge in [0, 0.05) is 18.7 Å². The molecule has 2 aromatic rings. The molecule has 0 aliphatic rings. The Balaban J connectivity index is 2.19. The highest BCUT2D eigenvalue weighted by molar-refractivity contribution is 5.33. The van der Waals surface area contributed by atoms with E-state index in [4.69, 9.17) is 9.47 Å². The third kappa shape index (κ3) is 5.27. The molecule has 4 heteroatoms. The number of hydrogen-bond donors (Lipinski definition) is 2. The largest absolute Gasteiger partial charge is 0.497 e. The Morgan fingerprint density at radius 3 is 2.35 bits per heavy atom. The molecule has 2 rings (SSSR count). The van der Waals surface area contributed by atoms with Crippen LogP contribution in [0.3, 0.4) is 0 Å². The summed E-state index contributed by atoms with van der Waals surface area (Å²) in [6.45, 7) is 4.56. The van der Waals surface area contributed by atoms with E-state index in [1.54, 1.807) is 7.11 Å². The first-order valence-corrected chi connectivity index (χ1v) is 7.87. The average molecular weight is 315 g/mol. The second kappa shape index (κ2) is 8.56. The predicted octanol–water partition coefficient (Wildman–Crippen LogP) is 3.17. The first-order valence-electron chi connectivity index (χ1n) is 7.87. The van der Waals surface area contributed by atoms with Crippen LogP contribution < -0.4 is 14.8 Å². The third-order valence-corrected chi connectivity index (χ3v) is 3.52. The summed E-state index contributed by atoms with van der Waals surface area (Å²) < 4.78 is 11.3. The van der Waals surface area contributed by atoms with E-state index in [0.29, 0.717) is 18.3 Å². The second-order valence-electron chi connectivity index (χ2n) is 5.76. The zero-order chi connectivity index (χ0) is 16.7. The standard InChI is InChI=1S/C19H25NO3/c1-14(2)20-13-18(21)19(15-8-5-4-6-9-15)23-17-11-7-10-16(12-17)22-3/h4-12,14,18-21H,13H2,1-3H3. The van der Waals surface area contributed by atoms with E-state index in [1.807, 2.05) is 68.4 Å². The number of rotatable bonds is 8. The minimum atomic E-state index is -0.661. The van der Waals surface area contributed by atoms with Gasteiger partial charge in [-0.25, -0.2) is 0 Å². The van der Waals surface area contributed by atoms with Crippen molar-refractivity contribution in [3.8, 4) is 11.5 Å². The van der Waals surface area contributed by atoms with Crippen molar-refractivity contribution >= 4 is 0 Å². The van der Waals surface area contributed by atoms with Crippen molar-refractivity contribution in [2.75, 3.05) is 13.7 Å². The van der Waals surface area contributed by atoms with Crippen LogP contribution >= 0.6 is 0 Å². The zero-order valence-corrected chi connectivity index (χ0v) is 13.9. The molecule has 0 fully saturated rings. The molecule has 124 valence electrons. The highest BCUT2D eigenvalue weighted by Gasteiger charge is 2.23. The molecule has 0 radical (unpaired) electrons. The van der Waals surface area contributed by atoms with Crippen molar-refractivity contribution in [2.45, 2.75) is 32.1 Å². The highest BCUT2D eigenvalue weighted by Crippen LogP contribution is 2.27. The smallest absolute Gasteiger partial charge is 0.151 e. The fraction of sp³-hybridized carbons (Fsp3) is 0.368. The topological polar surface area (TPSA) is 50.7 Å². The molecule has 0 saturated carbocycles. The van der Waals surface area contributed by atoms with Gasteiger partial charge >= 0.3 is 0 Å². The van der Waals surface area contributed by atoms with E-state index in [2.05, 4.69) is 5.32 Å². The lowest BCUT2D eigenvalue weighted by Crippen LogP contribution is -2.37. The molecule has 0 bridgehead atoms. The average Bonchev–Trinajstić information content (AvgIpc) is 2.58. The Bertz CT molecular complexity index is 586. The van der Waals surface area contributed by atoms with Crippen LogP contribution in [0.4, 0.5) is 0 Å². The van der Waals surface area contributed by atoms with Crippen molar-refractivity contribution < 1.29 is 14.6 Å². The molecule has 2 aromatic carbocycles. The molecule has 0 aliphatic carbocycles. The summed E-state index contributed by atoms with van der Waals surface area (Å²) in [5.41, 5.74) is 0.938. The summed E-state index contributed by atoms with van der Waals surface area (Å²) in [6, 6.07) is 17.5. The third-order valence-electron chi connectivity index (χ3n) is 3.52. The quantitative estimate of drug-likeness (QED) is 0.785. The molecule has 0 aromatic heterocycles. The van der Waals surface area contributed by atoms with E-state index in [-0.39, 0.29) is 0 Å². The predicted molar refractivity (Wildman–Crippen MR) is 92.0 cm³/mol. The van der Waals surface area contributed by atoms with Crippen LogP contribution in [0, 0.1) is 0 Å². The van der Waals surface area contributed by atoms with E-state index >= 15 is 0 Å². The summed E-state index contributed by atoms with van der Waals surface area (Å²) in [7, 11) is 1.62. The number of ether oxygens (including phenoxy) is 2. The summed E-state index contributed by atoms with van der Waals surface area (Å²) in [5, 5.41) is 13.8. The fourth-order valence-corrected chi connectivity index (χ4v) is 2.30. The molecule has 23 heavy (non-hydrogen) atoms. The molecule has 2 atom stereocenters. The van der Waals surface area contributed by atoms with Gasteiger partial charge in [0.15, 0.2) is 6.10 Å². The van der Waals surface area contributed by atoms with Gasteiger partial charge in [-0.3, -0.25) is 0 Å². The van der Waals surface area contributed by atoms with Crippen LogP contribution in [0.1, 0.15) is 25.5 Å². The van der Waals surface area contributed by atoms with Gasteiger partial charge in [-0.05, 0) is 17.7 Å². The van der Waals surface area contributed by atoms with Crippen LogP contribution in [-0.2, 0) is 0 Å². The molecular formula is C19H25NO3. The first kappa shape index (κ1) is 17.3. The van der Waals surface area contributed by atoms with Crippen LogP contribution in [-0.4, -0.2) is 30.9 Å². The van der Waals surface area contributed by atoms with Gasteiger partial charge in [-0.2, -0.15) is 0 Å². The lowest BCUT2D eigenvalue weighted by Gasteiger charge is -2.26. The van der Waals surface area contributed by atoms with E-state index < -0.39 is 12.2 Å². The first-order chi connectivity index (χ1) is 11.1. The zero-order valence-electron chi connectivity index (χ0n) is 13.9. The Hall–Kier alpha value is -2.04. The van der Waals surface area contributed by atoms with Crippen molar-refractivity contribution in [3.63, 3.8) is 0 Å². The molecule has 2 unspecified atom stereocenters. The molecule has 0 heterocycles. The van der Waals surface area contributed by atoms with E-state index in [0.717, 1.165) is 11.3 Å². The highest BCUT2D eigenvalue weighted by atomic mass is 16.5. The van der Waals surface area contributed by atoms with Gasteiger partial charge in [-0.1, -0.05) is 50.2 Å². The molecule has 2 N–H and O–H groups in total.